The zero-order valence-electron chi connectivity index (χ0n) is 9.29. The van der Waals surface area contributed by atoms with Crippen molar-refractivity contribution >= 4 is 5.84 Å². The first-order valence-electron chi connectivity index (χ1n) is 5.24. The number of halogens is 2. The van der Waals surface area contributed by atoms with Crippen LogP contribution in [0.1, 0.15) is 12.0 Å². The molecule has 0 spiro atoms. The zero-order valence-corrected chi connectivity index (χ0v) is 9.29. The summed E-state index contributed by atoms with van der Waals surface area (Å²) >= 11 is 0. The molecule has 0 fully saturated rings. The van der Waals surface area contributed by atoms with Crippen LogP contribution in [0.3, 0.4) is 0 Å². The fraction of sp³-hybridized carbons (Fsp3) is 0.364. The van der Waals surface area contributed by atoms with Crippen molar-refractivity contribution in [2.24, 2.45) is 10.9 Å². The number of hydrogen-bond acceptors (Lipinski definition) is 3. The topological polar surface area (TPSA) is 70.6 Å². The van der Waals surface area contributed by atoms with E-state index >= 15 is 0 Å². The van der Waals surface area contributed by atoms with Crippen LogP contribution in [0.5, 0.6) is 0 Å². The van der Waals surface area contributed by atoms with Gasteiger partial charge in [0.2, 0.25) is 0 Å². The molecule has 0 radical (unpaired) electrons. The van der Waals surface area contributed by atoms with Crippen molar-refractivity contribution in [3.05, 3.63) is 35.4 Å². The maximum Gasteiger partial charge on any atom is 0.140 e. The highest BCUT2D eigenvalue weighted by molar-refractivity contribution is 5.79. The van der Waals surface area contributed by atoms with Crippen LogP contribution in [0, 0.1) is 11.6 Å². The molecule has 0 amide bonds. The van der Waals surface area contributed by atoms with Crippen molar-refractivity contribution in [3.8, 4) is 0 Å². The molecule has 0 unspecified atom stereocenters. The van der Waals surface area contributed by atoms with Gasteiger partial charge in [0.15, 0.2) is 0 Å². The molecule has 0 atom stereocenters. The van der Waals surface area contributed by atoms with Crippen LogP contribution in [-0.4, -0.2) is 24.1 Å². The van der Waals surface area contributed by atoms with Crippen LogP contribution in [0.2, 0.25) is 0 Å². The van der Waals surface area contributed by atoms with Gasteiger partial charge in [-0.1, -0.05) is 5.16 Å². The molecular weight excluding hydrogens is 228 g/mol. The maximum absolute atomic E-state index is 12.8. The fourth-order valence-electron chi connectivity index (χ4n) is 1.38. The number of rotatable bonds is 6. The van der Waals surface area contributed by atoms with Crippen molar-refractivity contribution in [3.63, 3.8) is 0 Å². The van der Waals surface area contributed by atoms with E-state index in [1.807, 2.05) is 0 Å². The van der Waals surface area contributed by atoms with Gasteiger partial charge >= 0.3 is 0 Å². The Kier molecular flexibility index (Phi) is 5.35. The lowest BCUT2D eigenvalue weighted by Crippen LogP contribution is -2.24. The minimum absolute atomic E-state index is 0.148. The van der Waals surface area contributed by atoms with Crippen LogP contribution in [0.25, 0.3) is 0 Å². The molecule has 1 aromatic carbocycles. The summed E-state index contributed by atoms with van der Waals surface area (Å²) < 4.78 is 25.7. The highest BCUT2D eigenvalue weighted by atomic mass is 19.1. The second-order valence-electron chi connectivity index (χ2n) is 3.62. The van der Waals surface area contributed by atoms with Gasteiger partial charge in [0.05, 0.1) is 0 Å². The Morgan fingerprint density at radius 2 is 1.88 bits per heavy atom. The fourth-order valence-corrected chi connectivity index (χ4v) is 1.38. The van der Waals surface area contributed by atoms with Crippen molar-refractivity contribution < 1.29 is 14.0 Å². The molecule has 0 aliphatic rings. The normalized spacial score (nSPS) is 11.8. The first-order valence-corrected chi connectivity index (χ1v) is 5.24. The number of nitrogens with one attached hydrogen (secondary N) is 1. The number of oxime groups is 1. The Hall–Kier alpha value is -1.69. The molecule has 1 aromatic rings. The van der Waals surface area contributed by atoms with Gasteiger partial charge in [-0.3, -0.25) is 0 Å². The van der Waals surface area contributed by atoms with Crippen molar-refractivity contribution in [1.29, 1.82) is 0 Å². The first kappa shape index (κ1) is 13.4. The summed E-state index contributed by atoms with van der Waals surface area (Å²) in [4.78, 5) is 0. The molecule has 4 nitrogen and oxygen atoms in total. The van der Waals surface area contributed by atoms with Crippen LogP contribution < -0.4 is 11.1 Å². The highest BCUT2D eigenvalue weighted by Crippen LogP contribution is 2.07. The average molecular weight is 243 g/mol. The summed E-state index contributed by atoms with van der Waals surface area (Å²) in [6.45, 7) is 1.12. The highest BCUT2D eigenvalue weighted by Gasteiger charge is 2.00. The maximum atomic E-state index is 12.8. The number of nitrogens with two attached hydrogens (primary N) is 1. The lowest BCUT2D eigenvalue weighted by molar-refractivity contribution is 0.316. The van der Waals surface area contributed by atoms with Crippen molar-refractivity contribution in [2.75, 3.05) is 13.1 Å². The first-order chi connectivity index (χ1) is 8.11. The van der Waals surface area contributed by atoms with E-state index in [2.05, 4.69) is 10.5 Å². The van der Waals surface area contributed by atoms with Gasteiger partial charge in [-0.15, -0.1) is 0 Å². The monoisotopic (exact) mass is 243 g/mol. The number of amidine groups is 1. The summed E-state index contributed by atoms with van der Waals surface area (Å²) in [5.41, 5.74) is 5.86. The molecule has 94 valence electrons. The van der Waals surface area contributed by atoms with E-state index in [-0.39, 0.29) is 5.84 Å². The predicted octanol–water partition coefficient (Wildman–Crippen LogP) is 1.23. The Morgan fingerprint density at radius 3 is 2.47 bits per heavy atom. The number of hydrogen-bond donors (Lipinski definition) is 3. The molecular formula is C11H15F2N3O. The van der Waals surface area contributed by atoms with E-state index < -0.39 is 11.6 Å². The van der Waals surface area contributed by atoms with Gasteiger partial charge in [-0.2, -0.15) is 0 Å². The summed E-state index contributed by atoms with van der Waals surface area (Å²) in [5, 5.41) is 14.1. The van der Waals surface area contributed by atoms with Crippen LogP contribution in [-0.2, 0) is 6.42 Å². The van der Waals surface area contributed by atoms with Crippen LogP contribution >= 0.6 is 0 Å². The minimum Gasteiger partial charge on any atom is -0.409 e. The third-order valence-corrected chi connectivity index (χ3v) is 2.20. The lowest BCUT2D eigenvalue weighted by atomic mass is 10.1. The molecule has 4 N–H and O–H groups in total. The second-order valence-corrected chi connectivity index (χ2v) is 3.62. The van der Waals surface area contributed by atoms with Gasteiger partial charge in [0.1, 0.15) is 17.5 Å². The quantitative estimate of drug-likeness (QED) is 0.231. The van der Waals surface area contributed by atoms with Gasteiger partial charge in [-0.05, 0) is 30.7 Å². The summed E-state index contributed by atoms with van der Waals surface area (Å²) in [7, 11) is 0. The van der Waals surface area contributed by atoms with E-state index in [4.69, 9.17) is 10.9 Å². The lowest BCUT2D eigenvalue weighted by Gasteiger charge is -2.04. The van der Waals surface area contributed by atoms with E-state index in [1.54, 1.807) is 0 Å². The Bertz CT molecular complexity index is 376. The van der Waals surface area contributed by atoms with E-state index in [0.717, 1.165) is 6.07 Å². The van der Waals surface area contributed by atoms with Crippen LogP contribution in [0.4, 0.5) is 8.78 Å². The molecule has 17 heavy (non-hydrogen) atoms. The molecule has 0 saturated heterocycles. The summed E-state index contributed by atoms with van der Waals surface area (Å²) in [6, 6.07) is 3.44. The second kappa shape index (κ2) is 6.80. The standard InChI is InChI=1S/C11H15F2N3O/c12-9-5-8(6-10(13)7-9)1-3-15-4-2-11(14)16-17/h5-7,15,17H,1-4H2,(H2,14,16). The third-order valence-electron chi connectivity index (χ3n) is 2.20. The zero-order chi connectivity index (χ0) is 12.7. The molecule has 0 heterocycles. The number of benzene rings is 1. The van der Waals surface area contributed by atoms with E-state index in [1.165, 1.54) is 12.1 Å². The average Bonchev–Trinajstić information content (AvgIpc) is 2.27. The Labute approximate surface area is 98.1 Å². The molecule has 6 heteroatoms. The third kappa shape index (κ3) is 5.26. The van der Waals surface area contributed by atoms with Gasteiger partial charge in [0.25, 0.3) is 0 Å². The largest absolute Gasteiger partial charge is 0.409 e. The molecule has 0 bridgehead atoms. The van der Waals surface area contributed by atoms with Gasteiger partial charge in [0, 0.05) is 19.0 Å². The van der Waals surface area contributed by atoms with Crippen molar-refractivity contribution in [2.45, 2.75) is 12.8 Å². The Morgan fingerprint density at radius 1 is 1.24 bits per heavy atom. The number of nitrogens with zero attached hydrogens (tertiary/aromatic N) is 1. The summed E-state index contributed by atoms with van der Waals surface area (Å²) in [5.74, 6) is -0.998. The predicted molar refractivity (Wildman–Crippen MR) is 61.0 cm³/mol. The SMILES string of the molecule is NC(CCNCCc1cc(F)cc(F)c1)=NO. The molecule has 0 aliphatic heterocycles. The van der Waals surface area contributed by atoms with E-state index in [9.17, 15) is 8.78 Å². The van der Waals surface area contributed by atoms with Gasteiger partial charge < -0.3 is 16.3 Å². The molecule has 0 aliphatic carbocycles. The smallest absolute Gasteiger partial charge is 0.140 e. The minimum atomic E-state index is -0.573. The van der Waals surface area contributed by atoms with E-state index in [0.29, 0.717) is 31.5 Å². The van der Waals surface area contributed by atoms with Crippen LogP contribution in [0.15, 0.2) is 23.4 Å². The Balaban J connectivity index is 2.26. The van der Waals surface area contributed by atoms with Crippen molar-refractivity contribution in [1.82, 2.24) is 5.32 Å². The molecule has 0 saturated carbocycles. The molecule has 1 rings (SSSR count). The van der Waals surface area contributed by atoms with Gasteiger partial charge in [-0.25, -0.2) is 8.78 Å². The molecule has 0 aromatic heterocycles. The summed E-state index contributed by atoms with van der Waals surface area (Å²) in [6.07, 6.45) is 0.943.